The second-order valence-corrected chi connectivity index (χ2v) is 4.24. The average Bonchev–Trinajstić information content (AvgIpc) is 2.48. The molecule has 0 radical (unpaired) electrons. The van der Waals surface area contributed by atoms with Crippen molar-refractivity contribution in [3.05, 3.63) is 35.4 Å². The molecule has 1 aromatic carbocycles. The molecule has 0 spiro atoms. The van der Waals surface area contributed by atoms with Gasteiger partial charge in [0.1, 0.15) is 0 Å². The van der Waals surface area contributed by atoms with Crippen LogP contribution in [0.3, 0.4) is 0 Å². The Morgan fingerprint density at radius 2 is 2.10 bits per heavy atom. The van der Waals surface area contributed by atoms with Gasteiger partial charge < -0.3 is 14.4 Å². The molecule has 1 atom stereocenters. The largest absolute Gasteiger partial charge is 0.467 e. The van der Waals surface area contributed by atoms with E-state index in [2.05, 4.69) is 4.74 Å². The van der Waals surface area contributed by atoms with E-state index in [9.17, 15) is 18.4 Å². The minimum absolute atomic E-state index is 0.0160. The summed E-state index contributed by atoms with van der Waals surface area (Å²) in [4.78, 5) is 25.1. The fourth-order valence-corrected chi connectivity index (χ4v) is 1.97. The molecule has 1 saturated heterocycles. The molecule has 1 amide bonds. The molecule has 0 N–H and O–H groups in total. The third-order valence-electron chi connectivity index (χ3n) is 3.03. The summed E-state index contributed by atoms with van der Waals surface area (Å²) in [7, 11) is 1.21. The van der Waals surface area contributed by atoms with Crippen molar-refractivity contribution in [2.75, 3.05) is 26.9 Å². The topological polar surface area (TPSA) is 55.8 Å². The minimum Gasteiger partial charge on any atom is -0.467 e. The first-order valence-electron chi connectivity index (χ1n) is 5.96. The van der Waals surface area contributed by atoms with Crippen LogP contribution in [-0.4, -0.2) is 49.7 Å². The quantitative estimate of drug-likeness (QED) is 0.760. The number of carbonyl (C=O) groups is 2. The van der Waals surface area contributed by atoms with Gasteiger partial charge in [0.15, 0.2) is 17.7 Å². The van der Waals surface area contributed by atoms with Crippen LogP contribution in [0.2, 0.25) is 0 Å². The van der Waals surface area contributed by atoms with E-state index in [1.165, 1.54) is 18.1 Å². The number of rotatable bonds is 2. The van der Waals surface area contributed by atoms with Crippen LogP contribution in [0.5, 0.6) is 0 Å². The summed E-state index contributed by atoms with van der Waals surface area (Å²) >= 11 is 0. The SMILES string of the molecule is COC(=O)C1COCCN1C(=O)c1ccc(F)c(F)c1. The predicted octanol–water partition coefficient (Wildman–Crippen LogP) is 0.979. The van der Waals surface area contributed by atoms with Crippen LogP contribution in [-0.2, 0) is 14.3 Å². The Bertz CT molecular complexity index is 535. The van der Waals surface area contributed by atoms with Crippen molar-refractivity contribution < 1.29 is 27.8 Å². The lowest BCUT2D eigenvalue weighted by molar-refractivity contribution is -0.151. The lowest BCUT2D eigenvalue weighted by Crippen LogP contribution is -2.53. The van der Waals surface area contributed by atoms with E-state index < -0.39 is 29.6 Å². The molecule has 108 valence electrons. The molecule has 2 rings (SSSR count). The number of hydrogen-bond acceptors (Lipinski definition) is 4. The number of morpholine rings is 1. The molecule has 1 aliphatic rings. The minimum atomic E-state index is -1.11. The molecule has 1 aliphatic heterocycles. The molecule has 0 bridgehead atoms. The van der Waals surface area contributed by atoms with Crippen molar-refractivity contribution in [3.8, 4) is 0 Å². The van der Waals surface area contributed by atoms with Crippen LogP contribution in [0.25, 0.3) is 0 Å². The Kier molecular flexibility index (Phi) is 4.29. The van der Waals surface area contributed by atoms with E-state index in [4.69, 9.17) is 4.74 Å². The van der Waals surface area contributed by atoms with Crippen molar-refractivity contribution in [1.82, 2.24) is 4.90 Å². The zero-order valence-electron chi connectivity index (χ0n) is 10.8. The first-order valence-corrected chi connectivity index (χ1v) is 5.96. The molecule has 1 heterocycles. The van der Waals surface area contributed by atoms with Crippen LogP contribution in [0.1, 0.15) is 10.4 Å². The maximum Gasteiger partial charge on any atom is 0.331 e. The number of ether oxygens (including phenoxy) is 2. The average molecular weight is 285 g/mol. The number of methoxy groups -OCH3 is 1. The van der Waals surface area contributed by atoms with Gasteiger partial charge >= 0.3 is 5.97 Å². The summed E-state index contributed by atoms with van der Waals surface area (Å²) in [6.07, 6.45) is 0. The molecule has 1 unspecified atom stereocenters. The zero-order valence-corrected chi connectivity index (χ0v) is 10.8. The van der Waals surface area contributed by atoms with Gasteiger partial charge in [-0.05, 0) is 18.2 Å². The van der Waals surface area contributed by atoms with Crippen molar-refractivity contribution >= 4 is 11.9 Å². The molecular formula is C13H13F2NO4. The Hall–Kier alpha value is -2.02. The summed E-state index contributed by atoms with van der Waals surface area (Å²) in [5.41, 5.74) is -0.0281. The van der Waals surface area contributed by atoms with Gasteiger partial charge in [0.2, 0.25) is 0 Å². The van der Waals surface area contributed by atoms with Crippen LogP contribution in [0, 0.1) is 11.6 Å². The summed E-state index contributed by atoms with van der Waals surface area (Å²) in [6.45, 7) is 0.461. The standard InChI is InChI=1S/C13H13F2NO4/c1-19-13(18)11-7-20-5-4-16(11)12(17)8-2-3-9(14)10(15)6-8/h2-3,6,11H,4-5,7H2,1H3. The molecule has 0 aliphatic carbocycles. The van der Waals surface area contributed by atoms with Gasteiger partial charge in [-0.2, -0.15) is 0 Å². The van der Waals surface area contributed by atoms with Crippen LogP contribution in [0.15, 0.2) is 18.2 Å². The first-order chi connectivity index (χ1) is 9.54. The number of benzene rings is 1. The molecule has 0 aromatic heterocycles. The molecule has 7 heteroatoms. The Balaban J connectivity index is 2.25. The van der Waals surface area contributed by atoms with Gasteiger partial charge in [0, 0.05) is 12.1 Å². The van der Waals surface area contributed by atoms with Gasteiger partial charge in [-0.1, -0.05) is 0 Å². The Morgan fingerprint density at radius 1 is 1.35 bits per heavy atom. The van der Waals surface area contributed by atoms with E-state index in [1.807, 2.05) is 0 Å². The third-order valence-corrected chi connectivity index (χ3v) is 3.03. The molecule has 1 aromatic rings. The van der Waals surface area contributed by atoms with Gasteiger partial charge in [0.25, 0.3) is 5.91 Å². The van der Waals surface area contributed by atoms with Crippen LogP contribution in [0.4, 0.5) is 8.78 Å². The number of esters is 1. The molecule has 0 saturated carbocycles. The molecule has 20 heavy (non-hydrogen) atoms. The molecule has 1 fully saturated rings. The Labute approximate surface area is 114 Å². The van der Waals surface area contributed by atoms with Gasteiger partial charge in [-0.25, -0.2) is 13.6 Å². The number of halogens is 2. The fraction of sp³-hybridized carbons (Fsp3) is 0.385. The van der Waals surface area contributed by atoms with Crippen molar-refractivity contribution in [2.24, 2.45) is 0 Å². The normalized spacial score (nSPS) is 18.8. The van der Waals surface area contributed by atoms with E-state index >= 15 is 0 Å². The number of carbonyl (C=O) groups excluding carboxylic acids is 2. The lowest BCUT2D eigenvalue weighted by Gasteiger charge is -2.33. The summed E-state index contributed by atoms with van der Waals surface area (Å²) in [6, 6.07) is 1.97. The van der Waals surface area contributed by atoms with Crippen molar-refractivity contribution in [3.63, 3.8) is 0 Å². The first kappa shape index (κ1) is 14.4. The van der Waals surface area contributed by atoms with Crippen molar-refractivity contribution in [2.45, 2.75) is 6.04 Å². The zero-order chi connectivity index (χ0) is 14.7. The summed E-state index contributed by atoms with van der Waals surface area (Å²) in [5, 5.41) is 0. The highest BCUT2D eigenvalue weighted by molar-refractivity contribution is 5.97. The van der Waals surface area contributed by atoms with Crippen LogP contribution < -0.4 is 0 Å². The second kappa shape index (κ2) is 5.96. The highest BCUT2D eigenvalue weighted by Crippen LogP contribution is 2.16. The fourth-order valence-electron chi connectivity index (χ4n) is 1.97. The van der Waals surface area contributed by atoms with Crippen LogP contribution >= 0.6 is 0 Å². The maximum absolute atomic E-state index is 13.2. The number of amides is 1. The number of hydrogen-bond donors (Lipinski definition) is 0. The molecule has 5 nitrogen and oxygen atoms in total. The summed E-state index contributed by atoms with van der Waals surface area (Å²) < 4.78 is 35.8. The smallest absolute Gasteiger partial charge is 0.331 e. The maximum atomic E-state index is 13.2. The van der Waals surface area contributed by atoms with E-state index in [0.29, 0.717) is 0 Å². The third kappa shape index (κ3) is 2.77. The monoisotopic (exact) mass is 285 g/mol. The van der Waals surface area contributed by atoms with E-state index in [0.717, 1.165) is 12.1 Å². The predicted molar refractivity (Wildman–Crippen MR) is 64.0 cm³/mol. The molecular weight excluding hydrogens is 272 g/mol. The van der Waals surface area contributed by atoms with Gasteiger partial charge in [0.05, 0.1) is 20.3 Å². The van der Waals surface area contributed by atoms with E-state index in [1.54, 1.807) is 0 Å². The highest BCUT2D eigenvalue weighted by atomic mass is 19.2. The van der Waals surface area contributed by atoms with Crippen molar-refractivity contribution in [1.29, 1.82) is 0 Å². The Morgan fingerprint density at radius 3 is 2.75 bits per heavy atom. The van der Waals surface area contributed by atoms with Gasteiger partial charge in [-0.3, -0.25) is 4.79 Å². The summed E-state index contributed by atoms with van der Waals surface area (Å²) in [5.74, 6) is -3.32. The van der Waals surface area contributed by atoms with Gasteiger partial charge in [-0.15, -0.1) is 0 Å². The van der Waals surface area contributed by atoms with E-state index in [-0.39, 0.29) is 25.3 Å². The second-order valence-electron chi connectivity index (χ2n) is 4.24. The number of nitrogens with zero attached hydrogens (tertiary/aromatic N) is 1. The lowest BCUT2D eigenvalue weighted by atomic mass is 10.1. The highest BCUT2D eigenvalue weighted by Gasteiger charge is 2.34.